The van der Waals surface area contributed by atoms with E-state index in [1.807, 2.05) is 30.1 Å². The number of anilines is 1. The summed E-state index contributed by atoms with van der Waals surface area (Å²) in [7, 11) is 1.93. The van der Waals surface area contributed by atoms with Gasteiger partial charge in [-0.2, -0.15) is 0 Å². The Morgan fingerprint density at radius 2 is 2.33 bits per heavy atom. The molecule has 0 fully saturated rings. The van der Waals surface area contributed by atoms with E-state index in [-0.39, 0.29) is 5.92 Å². The summed E-state index contributed by atoms with van der Waals surface area (Å²) in [5.74, 6) is -1.01. The zero-order chi connectivity index (χ0) is 11.0. The minimum atomic E-state index is -0.715. The molecule has 4 heteroatoms. The van der Waals surface area contributed by atoms with Crippen molar-refractivity contribution in [3.63, 3.8) is 0 Å². The summed E-state index contributed by atoms with van der Waals surface area (Å²) in [5.41, 5.74) is 2.24. The summed E-state index contributed by atoms with van der Waals surface area (Å²) in [6, 6.07) is 6.01. The van der Waals surface area contributed by atoms with Crippen molar-refractivity contribution in [2.45, 2.75) is 6.42 Å². The molecule has 3 nitrogen and oxygen atoms in total. The molecule has 1 heterocycles. The van der Waals surface area contributed by atoms with Gasteiger partial charge >= 0.3 is 5.97 Å². The molecule has 0 saturated heterocycles. The van der Waals surface area contributed by atoms with Gasteiger partial charge in [0.2, 0.25) is 0 Å². The highest BCUT2D eigenvalue weighted by Crippen LogP contribution is 2.30. The molecule has 15 heavy (non-hydrogen) atoms. The number of halogens is 1. The molecule has 1 aromatic rings. The van der Waals surface area contributed by atoms with Crippen LogP contribution in [0, 0.1) is 5.92 Å². The summed E-state index contributed by atoms with van der Waals surface area (Å²) in [6.07, 6.45) is 0.619. The number of carboxylic acid groups (broad SMARTS) is 1. The van der Waals surface area contributed by atoms with E-state index in [1.165, 1.54) is 0 Å². The van der Waals surface area contributed by atoms with Crippen molar-refractivity contribution in [1.82, 2.24) is 0 Å². The van der Waals surface area contributed by atoms with Gasteiger partial charge in [-0.1, -0.05) is 15.9 Å². The standard InChI is InChI=1S/C11H12BrNO2/c1-13-6-8(11(14)15)4-7-5-9(12)2-3-10(7)13/h2-3,5,8H,4,6H2,1H3,(H,14,15). The molecule has 1 aromatic carbocycles. The van der Waals surface area contributed by atoms with E-state index in [1.54, 1.807) is 0 Å². The number of benzene rings is 1. The van der Waals surface area contributed by atoms with Gasteiger partial charge in [-0.25, -0.2) is 0 Å². The fourth-order valence-corrected chi connectivity index (χ4v) is 2.42. The molecular weight excluding hydrogens is 258 g/mol. The Balaban J connectivity index is 2.37. The first-order valence-corrected chi connectivity index (χ1v) is 5.59. The second-order valence-corrected chi connectivity index (χ2v) is 4.81. The first kappa shape index (κ1) is 10.5. The van der Waals surface area contributed by atoms with Crippen molar-refractivity contribution in [3.05, 3.63) is 28.2 Å². The van der Waals surface area contributed by atoms with Gasteiger partial charge in [0, 0.05) is 23.8 Å². The third-order valence-corrected chi connectivity index (χ3v) is 3.26. The molecule has 0 radical (unpaired) electrons. The maximum absolute atomic E-state index is 11.0. The van der Waals surface area contributed by atoms with E-state index in [0.717, 1.165) is 15.7 Å². The van der Waals surface area contributed by atoms with Gasteiger partial charge in [-0.3, -0.25) is 4.79 Å². The number of nitrogens with zero attached hydrogens (tertiary/aromatic N) is 1. The highest BCUT2D eigenvalue weighted by atomic mass is 79.9. The molecule has 1 atom stereocenters. The number of rotatable bonds is 1. The Bertz CT molecular complexity index is 406. The largest absolute Gasteiger partial charge is 0.481 e. The van der Waals surface area contributed by atoms with Crippen molar-refractivity contribution < 1.29 is 9.90 Å². The minimum absolute atomic E-state index is 0.295. The van der Waals surface area contributed by atoms with Crippen LogP contribution in [0.3, 0.4) is 0 Å². The van der Waals surface area contributed by atoms with Crippen molar-refractivity contribution in [2.75, 3.05) is 18.5 Å². The maximum atomic E-state index is 11.0. The third-order valence-electron chi connectivity index (χ3n) is 2.76. The lowest BCUT2D eigenvalue weighted by atomic mass is 9.93. The summed E-state index contributed by atoms with van der Waals surface area (Å²) >= 11 is 3.40. The Labute approximate surface area is 96.8 Å². The van der Waals surface area contributed by atoms with E-state index in [4.69, 9.17) is 5.11 Å². The van der Waals surface area contributed by atoms with Crippen LogP contribution in [-0.2, 0) is 11.2 Å². The fraction of sp³-hybridized carbons (Fsp3) is 0.364. The van der Waals surface area contributed by atoms with Gasteiger partial charge in [0.25, 0.3) is 0 Å². The Kier molecular flexibility index (Phi) is 2.69. The fourth-order valence-electron chi connectivity index (χ4n) is 2.01. The lowest BCUT2D eigenvalue weighted by Crippen LogP contribution is -2.36. The summed E-state index contributed by atoms with van der Waals surface area (Å²) in [4.78, 5) is 13.0. The molecule has 1 unspecified atom stereocenters. The Morgan fingerprint density at radius 1 is 1.60 bits per heavy atom. The van der Waals surface area contributed by atoms with E-state index in [2.05, 4.69) is 15.9 Å². The number of carbonyl (C=O) groups is 1. The van der Waals surface area contributed by atoms with Crippen molar-refractivity contribution >= 4 is 27.6 Å². The summed E-state index contributed by atoms with van der Waals surface area (Å²) in [5, 5.41) is 9.01. The second-order valence-electron chi connectivity index (χ2n) is 3.89. The first-order valence-electron chi connectivity index (χ1n) is 4.80. The molecule has 0 aromatic heterocycles. The summed E-state index contributed by atoms with van der Waals surface area (Å²) in [6.45, 7) is 0.587. The highest BCUT2D eigenvalue weighted by Gasteiger charge is 2.27. The SMILES string of the molecule is CN1CC(C(=O)O)Cc2cc(Br)ccc21. The van der Waals surface area contributed by atoms with E-state index in [0.29, 0.717) is 13.0 Å². The lowest BCUT2D eigenvalue weighted by Gasteiger charge is -2.31. The highest BCUT2D eigenvalue weighted by molar-refractivity contribution is 9.10. The van der Waals surface area contributed by atoms with Gasteiger partial charge in [-0.15, -0.1) is 0 Å². The normalized spacial score (nSPS) is 19.9. The van der Waals surface area contributed by atoms with Gasteiger partial charge in [0.1, 0.15) is 0 Å². The molecule has 2 rings (SSSR count). The predicted molar refractivity (Wildman–Crippen MR) is 62.2 cm³/mol. The minimum Gasteiger partial charge on any atom is -0.481 e. The quantitative estimate of drug-likeness (QED) is 0.850. The lowest BCUT2D eigenvalue weighted by molar-refractivity contribution is -0.141. The smallest absolute Gasteiger partial charge is 0.308 e. The Morgan fingerprint density at radius 3 is 3.00 bits per heavy atom. The van der Waals surface area contributed by atoms with Gasteiger partial charge in [0.15, 0.2) is 0 Å². The van der Waals surface area contributed by atoms with Crippen molar-refractivity contribution in [2.24, 2.45) is 5.92 Å². The summed E-state index contributed by atoms with van der Waals surface area (Å²) < 4.78 is 1.00. The molecule has 0 spiro atoms. The average molecular weight is 270 g/mol. The number of aliphatic carboxylic acids is 1. The van der Waals surface area contributed by atoms with E-state index < -0.39 is 5.97 Å². The van der Waals surface area contributed by atoms with Crippen LogP contribution in [0.1, 0.15) is 5.56 Å². The van der Waals surface area contributed by atoms with Crippen LogP contribution in [0.2, 0.25) is 0 Å². The van der Waals surface area contributed by atoms with Gasteiger partial charge in [0.05, 0.1) is 5.92 Å². The maximum Gasteiger partial charge on any atom is 0.308 e. The van der Waals surface area contributed by atoms with Crippen LogP contribution in [0.4, 0.5) is 5.69 Å². The molecule has 0 saturated carbocycles. The molecule has 0 bridgehead atoms. The first-order chi connectivity index (χ1) is 7.08. The van der Waals surface area contributed by atoms with Gasteiger partial charge < -0.3 is 10.0 Å². The van der Waals surface area contributed by atoms with Crippen molar-refractivity contribution in [1.29, 1.82) is 0 Å². The van der Waals surface area contributed by atoms with Crippen LogP contribution in [0.15, 0.2) is 22.7 Å². The molecular formula is C11H12BrNO2. The Hall–Kier alpha value is -1.03. The molecule has 0 aliphatic carbocycles. The zero-order valence-corrected chi connectivity index (χ0v) is 9.99. The van der Waals surface area contributed by atoms with E-state index >= 15 is 0 Å². The molecule has 1 aliphatic heterocycles. The second kappa shape index (κ2) is 3.85. The predicted octanol–water partition coefficient (Wildman–Crippen LogP) is 2.14. The zero-order valence-electron chi connectivity index (χ0n) is 8.40. The van der Waals surface area contributed by atoms with Crippen LogP contribution < -0.4 is 4.90 Å². The van der Waals surface area contributed by atoms with Crippen LogP contribution in [0.25, 0.3) is 0 Å². The van der Waals surface area contributed by atoms with E-state index in [9.17, 15) is 4.79 Å². The molecule has 1 N–H and O–H groups in total. The van der Waals surface area contributed by atoms with Crippen LogP contribution >= 0.6 is 15.9 Å². The molecule has 1 aliphatic rings. The monoisotopic (exact) mass is 269 g/mol. The van der Waals surface area contributed by atoms with Crippen LogP contribution in [-0.4, -0.2) is 24.7 Å². The topological polar surface area (TPSA) is 40.5 Å². The van der Waals surface area contributed by atoms with Crippen molar-refractivity contribution in [3.8, 4) is 0 Å². The molecule has 80 valence electrons. The number of hydrogen-bond acceptors (Lipinski definition) is 2. The third kappa shape index (κ3) is 2.00. The number of carboxylic acids is 1. The average Bonchev–Trinajstić information content (AvgIpc) is 2.16. The number of fused-ring (bicyclic) bond motifs is 1. The van der Waals surface area contributed by atoms with Crippen LogP contribution in [0.5, 0.6) is 0 Å². The number of hydrogen-bond donors (Lipinski definition) is 1. The van der Waals surface area contributed by atoms with Gasteiger partial charge in [-0.05, 0) is 30.2 Å². The molecule has 0 amide bonds.